The monoisotopic (exact) mass is 1730 g/mol. The molecule has 6 N–H and O–H groups in total. The Morgan fingerprint density at radius 2 is 1.08 bits per heavy atom. The molecule has 10 aromatic carbocycles. The number of benzene rings is 10. The number of fused-ring (bicyclic) bond motifs is 12. The van der Waals surface area contributed by atoms with Gasteiger partial charge in [0.1, 0.15) is 41.5 Å². The van der Waals surface area contributed by atoms with Crippen LogP contribution in [0.4, 0.5) is 18.4 Å². The first-order valence-corrected chi connectivity index (χ1v) is 43.2. The number of urea groups is 1. The van der Waals surface area contributed by atoms with Gasteiger partial charge in [0.25, 0.3) is 0 Å². The third-order valence-corrected chi connectivity index (χ3v) is 26.3. The molecule has 118 heavy (non-hydrogen) atoms. The maximum absolute atomic E-state index is 14.0. The number of hydrogen-bond acceptors (Lipinski definition) is 9. The maximum Gasteiger partial charge on any atom is 0.410 e. The van der Waals surface area contributed by atoms with Crippen LogP contribution < -0.4 is 24.8 Å². The van der Waals surface area contributed by atoms with E-state index in [1.54, 1.807) is 97.1 Å². The second kappa shape index (κ2) is 35.9. The van der Waals surface area contributed by atoms with Crippen LogP contribution in [0.1, 0.15) is 136 Å². The quantitative estimate of drug-likeness (QED) is 0.0612. The number of aromatic amines is 4. The number of H-pyrrole nitrogens is 4. The summed E-state index contributed by atoms with van der Waals surface area (Å²) in [5, 5.41) is 12.7. The van der Waals surface area contributed by atoms with Crippen LogP contribution >= 0.6 is 50.7 Å². The Hall–Kier alpha value is -10.6. The molecule has 4 atom stereocenters. The number of halogens is 6. The van der Waals surface area contributed by atoms with Crippen molar-refractivity contribution in [3.8, 4) is 17.2 Å². The number of aromatic nitrogens is 4. The summed E-state index contributed by atoms with van der Waals surface area (Å²) in [5.74, 6) is 2.04. The third-order valence-electron chi connectivity index (χ3n) is 23.0. The average molecular weight is 1730 g/mol. The summed E-state index contributed by atoms with van der Waals surface area (Å²) in [4.78, 5) is 43.8. The molecule has 4 aromatic heterocycles. The first-order chi connectivity index (χ1) is 57.4. The Morgan fingerprint density at radius 1 is 0.525 bits per heavy atom. The summed E-state index contributed by atoms with van der Waals surface area (Å²) in [6, 6.07) is 69.1. The molecule has 17 nitrogen and oxygen atoms in total. The molecule has 5 aliphatic rings. The van der Waals surface area contributed by atoms with Crippen molar-refractivity contribution in [1.82, 2.24) is 44.7 Å². The van der Waals surface area contributed by atoms with Crippen LogP contribution in [0, 0.1) is 11.6 Å². The van der Waals surface area contributed by atoms with Gasteiger partial charge in [0, 0.05) is 118 Å². The Morgan fingerprint density at radius 3 is 1.73 bits per heavy atom. The van der Waals surface area contributed by atoms with Gasteiger partial charge in [-0.1, -0.05) is 161 Å². The minimum absolute atomic E-state index is 0.0248. The molecule has 0 radical (unpaired) electrons. The van der Waals surface area contributed by atoms with Gasteiger partial charge in [-0.25, -0.2) is 26.8 Å². The standard InChI is InChI=1S/C25H28FN3O2.C25H24N2O2.C24H19BrCl2N2O2S.C20H18ClFN2O2/c1-31-19-10-7-16(8-11-19)24-23-20(21-15-17(26)9-12-22(21)28-23)13-14-29(24)25(30)27-18-5-3-2-4-6-18;1-28-20-11-12-23-22(15-20)21-13-14-26-24(25(21)27-23)18-7-9-19(10-8-18)29-16-17-5-3-2-4-6-17;25-16-7-9-22-20(13-16)19-10-11-29(32(30,31)18-4-2-1-3-5-18)23(24(19)28-22)12-15-6-8-17(26)14-21(15)27;1-2-26-20(25)24-9-8-15-16-11-14(22)6-7-17(16)23-18(15)19(24)12-4-3-5-13(21)10-12/h7-12,15,18,24,28H,2-6,13-14H2,1H3,(H,27,30);2-12,15,24,26-27H,13-14,16H2,1H3;1-9,13-14,23,28H,10-12H2;3-7,10-11,19,23H,2,8-9H2,1H3. The predicted octanol–water partition coefficient (Wildman–Crippen LogP) is 22.1. The molecule has 14 aromatic rings. The molecule has 4 unspecified atom stereocenters. The molecule has 0 spiro atoms. The van der Waals surface area contributed by atoms with Crippen molar-refractivity contribution < 1.29 is 45.7 Å². The van der Waals surface area contributed by atoms with E-state index in [9.17, 15) is 26.8 Å². The Balaban J connectivity index is 0.000000118. The molecule has 1 aliphatic carbocycles. The summed E-state index contributed by atoms with van der Waals surface area (Å²) in [6.45, 7) is 5.09. The van der Waals surface area contributed by atoms with E-state index in [2.05, 4.69) is 101 Å². The van der Waals surface area contributed by atoms with Crippen LogP contribution in [-0.2, 0) is 53.5 Å². The van der Waals surface area contributed by atoms with Crippen LogP contribution in [-0.4, -0.2) is 108 Å². The number of sulfonamides is 1. The Labute approximate surface area is 707 Å². The largest absolute Gasteiger partial charge is 0.497 e. The van der Waals surface area contributed by atoms with Gasteiger partial charge in [0.15, 0.2) is 0 Å². The lowest BCUT2D eigenvalue weighted by atomic mass is 9.92. The van der Waals surface area contributed by atoms with Gasteiger partial charge in [0.2, 0.25) is 10.0 Å². The second-order valence-corrected chi connectivity index (χ2v) is 34.3. The van der Waals surface area contributed by atoms with Gasteiger partial charge < -0.3 is 54.4 Å². The number of carbonyl (C=O) groups is 2. The molecule has 4 aliphatic heterocycles. The number of ether oxygens (including phenoxy) is 4. The molecular formula is C94H89BrCl3F2N9O8S. The van der Waals surface area contributed by atoms with Crippen molar-refractivity contribution in [2.75, 3.05) is 47.0 Å². The number of hydrogen-bond donors (Lipinski definition) is 6. The number of methoxy groups -OCH3 is 2. The Bertz CT molecular complexity index is 6090. The fraction of sp³-hybridized carbons (Fsp3) is 0.255. The molecule has 24 heteroatoms. The van der Waals surface area contributed by atoms with E-state index in [0.717, 1.165) is 136 Å². The number of nitrogens with one attached hydrogen (secondary N) is 6. The van der Waals surface area contributed by atoms with E-state index in [-0.39, 0.29) is 52.8 Å². The van der Waals surface area contributed by atoms with Gasteiger partial charge in [-0.2, -0.15) is 4.31 Å². The van der Waals surface area contributed by atoms with E-state index in [0.29, 0.717) is 73.6 Å². The van der Waals surface area contributed by atoms with Crippen LogP contribution in [0.3, 0.4) is 0 Å². The zero-order chi connectivity index (χ0) is 81.7. The van der Waals surface area contributed by atoms with E-state index >= 15 is 0 Å². The zero-order valence-corrected chi connectivity index (χ0v) is 70.0. The second-order valence-electron chi connectivity index (χ2n) is 30.2. The number of amides is 3. The summed E-state index contributed by atoms with van der Waals surface area (Å²) in [7, 11) is -0.349. The molecular weight excluding hydrogens is 1640 g/mol. The van der Waals surface area contributed by atoms with Gasteiger partial charge in [-0.05, 0) is 235 Å². The van der Waals surface area contributed by atoms with Crippen LogP contribution in [0.2, 0.25) is 15.1 Å². The van der Waals surface area contributed by atoms with E-state index in [1.807, 2.05) is 95.9 Å². The first-order valence-electron chi connectivity index (χ1n) is 39.9. The molecule has 1 saturated carbocycles. The van der Waals surface area contributed by atoms with Crippen LogP contribution in [0.25, 0.3) is 43.6 Å². The molecule has 606 valence electrons. The van der Waals surface area contributed by atoms with Crippen molar-refractivity contribution in [3.63, 3.8) is 0 Å². The average Bonchev–Trinajstić information content (AvgIpc) is 1.58. The van der Waals surface area contributed by atoms with Gasteiger partial charge in [-0.15, -0.1) is 0 Å². The smallest absolute Gasteiger partial charge is 0.410 e. The normalized spacial score (nSPS) is 17.2. The number of nitrogens with zero attached hydrogens (tertiary/aromatic N) is 3. The topological polar surface area (TPSA) is 202 Å². The molecule has 3 amide bonds. The van der Waals surface area contributed by atoms with E-state index in [4.69, 9.17) is 53.8 Å². The molecule has 0 bridgehead atoms. The number of carbonyl (C=O) groups excluding carboxylic acids is 2. The lowest BCUT2D eigenvalue weighted by Gasteiger charge is -2.37. The zero-order valence-electron chi connectivity index (χ0n) is 65.3. The number of rotatable bonds is 14. The van der Waals surface area contributed by atoms with E-state index in [1.165, 1.54) is 59.2 Å². The van der Waals surface area contributed by atoms with Gasteiger partial charge in [0.05, 0.1) is 43.8 Å². The molecule has 8 heterocycles. The van der Waals surface area contributed by atoms with Crippen LogP contribution in [0.5, 0.6) is 17.2 Å². The third kappa shape index (κ3) is 17.3. The lowest BCUT2D eigenvalue weighted by molar-refractivity contribution is 0.0932. The van der Waals surface area contributed by atoms with Gasteiger partial charge in [-0.3, -0.25) is 4.90 Å². The summed E-state index contributed by atoms with van der Waals surface area (Å²) in [5.41, 5.74) is 17.7. The highest BCUT2D eigenvalue weighted by atomic mass is 79.9. The lowest BCUT2D eigenvalue weighted by Crippen LogP contribution is -2.49. The molecule has 19 rings (SSSR count). The minimum Gasteiger partial charge on any atom is -0.497 e. The highest BCUT2D eigenvalue weighted by Gasteiger charge is 2.41. The minimum atomic E-state index is -3.71. The van der Waals surface area contributed by atoms with Crippen molar-refractivity contribution in [2.24, 2.45) is 0 Å². The summed E-state index contributed by atoms with van der Waals surface area (Å²) in [6.07, 6.45) is 8.72. The summed E-state index contributed by atoms with van der Waals surface area (Å²) >= 11 is 22.3. The van der Waals surface area contributed by atoms with Crippen molar-refractivity contribution in [1.29, 1.82) is 0 Å². The van der Waals surface area contributed by atoms with Crippen molar-refractivity contribution >= 4 is 116 Å². The summed E-state index contributed by atoms with van der Waals surface area (Å²) < 4.78 is 79.5. The van der Waals surface area contributed by atoms with Crippen molar-refractivity contribution in [3.05, 3.63) is 328 Å². The Kier molecular flexibility index (Phi) is 24.7. The van der Waals surface area contributed by atoms with Crippen LogP contribution in [0.15, 0.2) is 234 Å². The van der Waals surface area contributed by atoms with E-state index < -0.39 is 16.1 Å². The van der Waals surface area contributed by atoms with Crippen molar-refractivity contribution in [2.45, 2.75) is 113 Å². The maximum atomic E-state index is 14.0. The fourth-order valence-corrected chi connectivity index (χ4v) is 20.0. The highest BCUT2D eigenvalue weighted by Crippen LogP contribution is 2.45. The molecule has 1 fully saturated rings. The molecule has 0 saturated heterocycles. The van der Waals surface area contributed by atoms with Gasteiger partial charge >= 0.3 is 12.1 Å². The first kappa shape index (κ1) is 81.1. The highest BCUT2D eigenvalue weighted by molar-refractivity contribution is 9.10. The SMILES string of the molecule is CCOC(=O)N1CCc2c([nH]c3ccc(F)cc23)C1c1cccc(Cl)c1.COc1ccc(C2c3[nH]c4ccc(F)cc4c3CCN2C(=O)NC2CCCCC2)cc1.COc1ccc2[nH]c3c(c2c1)CCNC3c1ccc(OCc2ccccc2)cc1.O=S(=O)(c1ccccc1)N1CCc2c([nH]c3ccc(Br)cc23)C1Cc1ccc(Cl)cc1Cl. The predicted molar refractivity (Wildman–Crippen MR) is 466 cm³/mol. The fourth-order valence-electron chi connectivity index (χ4n) is 17.4.